The van der Waals surface area contributed by atoms with Crippen LogP contribution in [0.5, 0.6) is 0 Å². The summed E-state index contributed by atoms with van der Waals surface area (Å²) >= 11 is 0. The van der Waals surface area contributed by atoms with Gasteiger partial charge in [-0.3, -0.25) is 0 Å². The minimum Gasteiger partial charge on any atom is -0.395 e. The molecule has 0 aliphatic heterocycles. The number of pyridine rings is 1. The van der Waals surface area contributed by atoms with Gasteiger partial charge in [-0.05, 0) is 12.1 Å². The van der Waals surface area contributed by atoms with Gasteiger partial charge in [-0.25, -0.2) is 22.2 Å². The van der Waals surface area contributed by atoms with Crippen molar-refractivity contribution in [3.63, 3.8) is 0 Å². The molecule has 9 heteroatoms. The van der Waals surface area contributed by atoms with Crippen LogP contribution in [-0.2, 0) is 10.0 Å². The van der Waals surface area contributed by atoms with Crippen LogP contribution >= 0.6 is 0 Å². The van der Waals surface area contributed by atoms with Crippen molar-refractivity contribution >= 4 is 15.8 Å². The first-order valence-corrected chi connectivity index (χ1v) is 6.88. The quantitative estimate of drug-likeness (QED) is 0.759. The standard InChI is InChI=1S/C10H15F2N3O3S/c1-13-10-3-2-8(6-14-10)19(17,18)15(4-5-16)7-9(11)12/h2-3,6,9,16H,4-5,7H2,1H3,(H,13,14). The molecule has 2 N–H and O–H groups in total. The number of rotatable bonds is 7. The molecule has 0 aliphatic carbocycles. The van der Waals surface area contributed by atoms with E-state index in [2.05, 4.69) is 10.3 Å². The van der Waals surface area contributed by atoms with Crippen LogP contribution in [-0.4, -0.2) is 56.0 Å². The molecule has 1 aromatic heterocycles. The second kappa shape index (κ2) is 6.73. The lowest BCUT2D eigenvalue weighted by molar-refractivity contribution is 0.113. The number of anilines is 1. The number of nitrogens with zero attached hydrogens (tertiary/aromatic N) is 2. The Morgan fingerprint density at radius 2 is 2.16 bits per heavy atom. The summed E-state index contributed by atoms with van der Waals surface area (Å²) in [5, 5.41) is 11.5. The van der Waals surface area contributed by atoms with Gasteiger partial charge in [0.05, 0.1) is 13.2 Å². The van der Waals surface area contributed by atoms with E-state index in [1.165, 1.54) is 12.1 Å². The maximum Gasteiger partial charge on any atom is 0.252 e. The lowest BCUT2D eigenvalue weighted by Gasteiger charge is -2.20. The van der Waals surface area contributed by atoms with Gasteiger partial charge in [-0.15, -0.1) is 0 Å². The number of alkyl halides is 2. The van der Waals surface area contributed by atoms with Crippen LogP contribution in [0.15, 0.2) is 23.2 Å². The molecule has 0 amide bonds. The van der Waals surface area contributed by atoms with Gasteiger partial charge in [0.25, 0.3) is 6.43 Å². The van der Waals surface area contributed by atoms with Gasteiger partial charge in [0.15, 0.2) is 0 Å². The lowest BCUT2D eigenvalue weighted by atomic mass is 10.5. The number of nitrogens with one attached hydrogen (secondary N) is 1. The summed E-state index contributed by atoms with van der Waals surface area (Å²) in [6, 6.07) is 2.69. The van der Waals surface area contributed by atoms with Gasteiger partial charge in [0.2, 0.25) is 10.0 Å². The Balaban J connectivity index is 3.03. The molecule has 0 atom stereocenters. The summed E-state index contributed by atoms with van der Waals surface area (Å²) < 4.78 is 49.4. The highest BCUT2D eigenvalue weighted by atomic mass is 32.2. The molecular weight excluding hydrogens is 280 g/mol. The Morgan fingerprint density at radius 3 is 2.58 bits per heavy atom. The topological polar surface area (TPSA) is 82.5 Å². The normalized spacial score (nSPS) is 12.1. The van der Waals surface area contributed by atoms with Crippen LogP contribution in [0.3, 0.4) is 0 Å². The van der Waals surface area contributed by atoms with Crippen LogP contribution in [0, 0.1) is 0 Å². The molecule has 0 bridgehead atoms. The molecular formula is C10H15F2N3O3S. The van der Waals surface area contributed by atoms with Crippen LogP contribution in [0.2, 0.25) is 0 Å². The largest absolute Gasteiger partial charge is 0.395 e. The molecule has 0 radical (unpaired) electrons. The maximum atomic E-state index is 12.4. The van der Waals surface area contributed by atoms with Gasteiger partial charge in [0.1, 0.15) is 10.7 Å². The number of hydrogen-bond acceptors (Lipinski definition) is 5. The van der Waals surface area contributed by atoms with Crippen molar-refractivity contribution in [2.75, 3.05) is 32.1 Å². The molecule has 0 aliphatic rings. The first-order valence-electron chi connectivity index (χ1n) is 5.44. The number of halogens is 2. The fourth-order valence-corrected chi connectivity index (χ4v) is 2.76. The summed E-state index contributed by atoms with van der Waals surface area (Å²) in [6.07, 6.45) is -1.73. The fraction of sp³-hybridized carbons (Fsp3) is 0.500. The number of hydrogen-bond donors (Lipinski definition) is 2. The first-order chi connectivity index (χ1) is 8.91. The highest BCUT2D eigenvalue weighted by Gasteiger charge is 2.27. The van der Waals surface area contributed by atoms with E-state index in [1.54, 1.807) is 7.05 Å². The van der Waals surface area contributed by atoms with Crippen molar-refractivity contribution in [3.05, 3.63) is 18.3 Å². The van der Waals surface area contributed by atoms with Crippen molar-refractivity contribution in [2.24, 2.45) is 0 Å². The highest BCUT2D eigenvalue weighted by molar-refractivity contribution is 7.89. The predicted octanol–water partition coefficient (Wildman–Crippen LogP) is 0.371. The minimum atomic E-state index is -4.08. The van der Waals surface area contributed by atoms with Crippen LogP contribution in [0.4, 0.5) is 14.6 Å². The molecule has 6 nitrogen and oxygen atoms in total. The summed E-state index contributed by atoms with van der Waals surface area (Å²) in [7, 11) is -2.46. The number of aliphatic hydroxyl groups excluding tert-OH is 1. The summed E-state index contributed by atoms with van der Waals surface area (Å²) in [6.45, 7) is -1.88. The van der Waals surface area contributed by atoms with Crippen molar-refractivity contribution < 1.29 is 22.3 Å². The first kappa shape index (κ1) is 15.7. The van der Waals surface area contributed by atoms with Crippen LogP contribution < -0.4 is 5.32 Å². The fourth-order valence-electron chi connectivity index (χ4n) is 1.40. The maximum absolute atomic E-state index is 12.4. The zero-order valence-corrected chi connectivity index (χ0v) is 11.1. The van der Waals surface area contributed by atoms with E-state index in [0.717, 1.165) is 6.20 Å². The van der Waals surface area contributed by atoms with E-state index >= 15 is 0 Å². The molecule has 0 aromatic carbocycles. The third kappa shape index (κ3) is 4.08. The van der Waals surface area contributed by atoms with Gasteiger partial charge in [0, 0.05) is 19.8 Å². The third-order valence-corrected chi connectivity index (χ3v) is 4.17. The smallest absolute Gasteiger partial charge is 0.252 e. The Labute approximate surface area is 110 Å². The zero-order valence-electron chi connectivity index (χ0n) is 10.3. The second-order valence-electron chi connectivity index (χ2n) is 3.61. The molecule has 1 heterocycles. The van der Waals surface area contributed by atoms with Crippen LogP contribution in [0.25, 0.3) is 0 Å². The Bertz CT molecular complexity index is 493. The molecule has 0 spiro atoms. The molecule has 1 aromatic rings. The summed E-state index contributed by atoms with van der Waals surface area (Å²) in [4.78, 5) is 3.62. The van der Waals surface area contributed by atoms with Gasteiger partial charge >= 0.3 is 0 Å². The number of aliphatic hydroxyl groups is 1. The molecule has 0 saturated heterocycles. The van der Waals surface area contributed by atoms with Gasteiger partial charge < -0.3 is 10.4 Å². The molecule has 108 valence electrons. The SMILES string of the molecule is CNc1ccc(S(=O)(=O)N(CCO)CC(F)F)cn1. The highest BCUT2D eigenvalue weighted by Crippen LogP contribution is 2.17. The lowest BCUT2D eigenvalue weighted by Crippen LogP contribution is -2.37. The summed E-state index contributed by atoms with van der Waals surface area (Å²) in [5.74, 6) is 0.460. The van der Waals surface area contributed by atoms with E-state index < -0.39 is 29.6 Å². The van der Waals surface area contributed by atoms with E-state index in [9.17, 15) is 17.2 Å². The van der Waals surface area contributed by atoms with Crippen LogP contribution in [0.1, 0.15) is 0 Å². The average molecular weight is 295 g/mol. The second-order valence-corrected chi connectivity index (χ2v) is 5.54. The third-order valence-electron chi connectivity index (χ3n) is 2.32. The van der Waals surface area contributed by atoms with Crippen molar-refractivity contribution in [1.29, 1.82) is 0 Å². The predicted molar refractivity (Wildman–Crippen MR) is 65.6 cm³/mol. The van der Waals surface area contributed by atoms with E-state index in [4.69, 9.17) is 5.11 Å². The molecule has 0 fully saturated rings. The Kier molecular flexibility index (Phi) is 5.58. The van der Waals surface area contributed by atoms with Gasteiger partial charge in [-0.2, -0.15) is 4.31 Å². The zero-order chi connectivity index (χ0) is 14.5. The minimum absolute atomic E-state index is 0.194. The summed E-state index contributed by atoms with van der Waals surface area (Å²) in [5.41, 5.74) is 0. The van der Waals surface area contributed by atoms with E-state index in [-0.39, 0.29) is 11.4 Å². The Morgan fingerprint density at radius 1 is 1.47 bits per heavy atom. The molecule has 0 unspecified atom stereocenters. The number of sulfonamides is 1. The van der Waals surface area contributed by atoms with E-state index in [1.807, 2.05) is 0 Å². The van der Waals surface area contributed by atoms with Crippen molar-refractivity contribution in [3.8, 4) is 0 Å². The average Bonchev–Trinajstić information content (AvgIpc) is 2.38. The number of aromatic nitrogens is 1. The monoisotopic (exact) mass is 295 g/mol. The van der Waals surface area contributed by atoms with Crippen molar-refractivity contribution in [2.45, 2.75) is 11.3 Å². The van der Waals surface area contributed by atoms with Crippen molar-refractivity contribution in [1.82, 2.24) is 9.29 Å². The molecule has 1 rings (SSSR count). The van der Waals surface area contributed by atoms with E-state index in [0.29, 0.717) is 10.1 Å². The molecule has 0 saturated carbocycles. The molecule has 19 heavy (non-hydrogen) atoms. The van der Waals surface area contributed by atoms with Gasteiger partial charge in [-0.1, -0.05) is 0 Å². The Hall–Kier alpha value is -1.32.